The second-order valence-corrected chi connectivity index (χ2v) is 6.52. The summed E-state index contributed by atoms with van der Waals surface area (Å²) in [5.41, 5.74) is 1.96. The van der Waals surface area contributed by atoms with Gasteiger partial charge in [-0.1, -0.05) is 18.2 Å². The van der Waals surface area contributed by atoms with Crippen LogP contribution in [0.4, 0.5) is 11.4 Å². The number of hydrogen-bond donors (Lipinski definition) is 1. The summed E-state index contributed by atoms with van der Waals surface area (Å²) < 4.78 is 10.6. The maximum Gasteiger partial charge on any atom is 0.262 e. The van der Waals surface area contributed by atoms with Crippen molar-refractivity contribution < 1.29 is 14.3 Å². The van der Waals surface area contributed by atoms with E-state index in [1.165, 1.54) is 5.69 Å². The molecule has 1 fully saturated rings. The van der Waals surface area contributed by atoms with Crippen molar-refractivity contribution in [2.45, 2.75) is 0 Å². The maximum atomic E-state index is 12.0. The summed E-state index contributed by atoms with van der Waals surface area (Å²) in [6, 6.07) is 17.3. The summed E-state index contributed by atoms with van der Waals surface area (Å²) >= 11 is 0. The molecule has 6 heteroatoms. The summed E-state index contributed by atoms with van der Waals surface area (Å²) in [5, 5.41) is 2.87. The monoisotopic (exact) mass is 369 g/mol. The molecule has 0 unspecified atom stereocenters. The number of hydrogen-bond acceptors (Lipinski definition) is 5. The number of amides is 1. The lowest BCUT2D eigenvalue weighted by molar-refractivity contribution is -0.118. The van der Waals surface area contributed by atoms with Crippen LogP contribution >= 0.6 is 0 Å². The molecule has 1 heterocycles. The molecule has 0 aliphatic carbocycles. The van der Waals surface area contributed by atoms with Crippen LogP contribution in [0.25, 0.3) is 0 Å². The van der Waals surface area contributed by atoms with Crippen LogP contribution < -0.4 is 15.0 Å². The molecule has 2 aromatic carbocycles. The highest BCUT2D eigenvalue weighted by molar-refractivity contribution is 5.92. The van der Waals surface area contributed by atoms with Crippen molar-refractivity contribution in [2.24, 2.45) is 0 Å². The normalized spacial score (nSPS) is 14.8. The van der Waals surface area contributed by atoms with Crippen molar-refractivity contribution in [3.63, 3.8) is 0 Å². The molecule has 144 valence electrons. The molecular formula is C21H27N3O3. The van der Waals surface area contributed by atoms with Gasteiger partial charge < -0.3 is 19.7 Å². The molecule has 1 N–H and O–H groups in total. The Labute approximate surface area is 160 Å². The van der Waals surface area contributed by atoms with E-state index in [-0.39, 0.29) is 12.5 Å². The van der Waals surface area contributed by atoms with E-state index < -0.39 is 0 Å². The van der Waals surface area contributed by atoms with Gasteiger partial charge in [0.1, 0.15) is 5.75 Å². The van der Waals surface area contributed by atoms with Crippen LogP contribution in [0.3, 0.4) is 0 Å². The fourth-order valence-electron chi connectivity index (χ4n) is 3.07. The largest absolute Gasteiger partial charge is 0.484 e. The fraction of sp³-hybridized carbons (Fsp3) is 0.381. The van der Waals surface area contributed by atoms with Gasteiger partial charge in [0, 0.05) is 51.2 Å². The molecule has 0 aromatic heterocycles. The van der Waals surface area contributed by atoms with E-state index in [2.05, 4.69) is 27.2 Å². The Morgan fingerprint density at radius 3 is 2.37 bits per heavy atom. The third-order valence-corrected chi connectivity index (χ3v) is 4.61. The minimum absolute atomic E-state index is 0.00476. The highest BCUT2D eigenvalue weighted by Crippen LogP contribution is 2.19. The second-order valence-electron chi connectivity index (χ2n) is 6.52. The Morgan fingerprint density at radius 1 is 1.00 bits per heavy atom. The van der Waals surface area contributed by atoms with E-state index in [4.69, 9.17) is 9.47 Å². The molecule has 3 rings (SSSR count). The minimum atomic E-state index is -0.168. The number of benzene rings is 2. The van der Waals surface area contributed by atoms with Gasteiger partial charge in [0.15, 0.2) is 6.61 Å². The molecule has 1 amide bonds. The molecule has 27 heavy (non-hydrogen) atoms. The van der Waals surface area contributed by atoms with Crippen LogP contribution in [-0.2, 0) is 9.53 Å². The lowest BCUT2D eigenvalue weighted by Gasteiger charge is -2.36. The molecular weight excluding hydrogens is 342 g/mol. The summed E-state index contributed by atoms with van der Waals surface area (Å²) in [5.74, 6) is 0.519. The number of carbonyl (C=O) groups is 1. The summed E-state index contributed by atoms with van der Waals surface area (Å²) in [6.07, 6.45) is 0. The van der Waals surface area contributed by atoms with Gasteiger partial charge in [0.2, 0.25) is 0 Å². The third-order valence-electron chi connectivity index (χ3n) is 4.61. The number of piperazine rings is 1. The van der Waals surface area contributed by atoms with Gasteiger partial charge in [0.05, 0.1) is 6.61 Å². The van der Waals surface area contributed by atoms with Crippen molar-refractivity contribution in [2.75, 3.05) is 63.3 Å². The number of carbonyl (C=O) groups excluding carboxylic acids is 1. The highest BCUT2D eigenvalue weighted by Gasteiger charge is 2.16. The topological polar surface area (TPSA) is 54.0 Å². The Bertz CT molecular complexity index is 698. The van der Waals surface area contributed by atoms with Crippen LogP contribution in [0.15, 0.2) is 54.6 Å². The number of ether oxygens (including phenoxy) is 2. The molecule has 6 nitrogen and oxygen atoms in total. The average molecular weight is 369 g/mol. The molecule has 0 spiro atoms. The predicted octanol–water partition coefficient (Wildman–Crippen LogP) is 2.47. The van der Waals surface area contributed by atoms with Gasteiger partial charge in [-0.15, -0.1) is 0 Å². The van der Waals surface area contributed by atoms with E-state index in [0.717, 1.165) is 45.0 Å². The van der Waals surface area contributed by atoms with Gasteiger partial charge in [-0.05, 0) is 36.4 Å². The first kappa shape index (κ1) is 19.2. The third kappa shape index (κ3) is 5.98. The lowest BCUT2D eigenvalue weighted by atomic mass is 10.2. The molecule has 1 aliphatic heterocycles. The summed E-state index contributed by atoms with van der Waals surface area (Å²) in [4.78, 5) is 16.8. The predicted molar refractivity (Wildman–Crippen MR) is 108 cm³/mol. The first-order chi connectivity index (χ1) is 13.2. The van der Waals surface area contributed by atoms with Crippen LogP contribution in [0.1, 0.15) is 0 Å². The zero-order valence-electron chi connectivity index (χ0n) is 15.8. The van der Waals surface area contributed by atoms with Crippen LogP contribution in [0, 0.1) is 0 Å². The first-order valence-electron chi connectivity index (χ1n) is 9.28. The molecule has 1 aliphatic rings. The Morgan fingerprint density at radius 2 is 1.70 bits per heavy atom. The molecule has 1 saturated heterocycles. The van der Waals surface area contributed by atoms with Crippen molar-refractivity contribution in [3.05, 3.63) is 54.6 Å². The van der Waals surface area contributed by atoms with Crippen molar-refractivity contribution in [1.82, 2.24) is 4.90 Å². The number of nitrogens with one attached hydrogen (secondary N) is 1. The fourth-order valence-corrected chi connectivity index (χ4v) is 3.07. The van der Waals surface area contributed by atoms with Crippen molar-refractivity contribution in [1.29, 1.82) is 0 Å². The maximum absolute atomic E-state index is 12.0. The quantitative estimate of drug-likeness (QED) is 0.775. The molecule has 0 saturated carbocycles. The van der Waals surface area contributed by atoms with Gasteiger partial charge in [-0.2, -0.15) is 0 Å². The van der Waals surface area contributed by atoms with Crippen molar-refractivity contribution in [3.8, 4) is 5.75 Å². The molecule has 2 aromatic rings. The zero-order valence-corrected chi connectivity index (χ0v) is 15.8. The molecule has 0 radical (unpaired) electrons. The van der Waals surface area contributed by atoms with Gasteiger partial charge >= 0.3 is 0 Å². The first-order valence-corrected chi connectivity index (χ1v) is 9.28. The Hall–Kier alpha value is -2.57. The van der Waals surface area contributed by atoms with Crippen LogP contribution in [0.2, 0.25) is 0 Å². The number of para-hydroxylation sites is 1. The van der Waals surface area contributed by atoms with E-state index in [1.54, 1.807) is 7.11 Å². The SMILES string of the molecule is COCCN1CCN(c2ccc(NC(=O)COc3ccccc3)cc2)CC1. The number of nitrogens with zero attached hydrogens (tertiary/aromatic N) is 2. The average Bonchev–Trinajstić information content (AvgIpc) is 2.72. The minimum Gasteiger partial charge on any atom is -0.484 e. The number of methoxy groups -OCH3 is 1. The van der Waals surface area contributed by atoms with Crippen LogP contribution in [-0.4, -0.2) is 63.9 Å². The van der Waals surface area contributed by atoms with Gasteiger partial charge in [-0.25, -0.2) is 0 Å². The standard InChI is InChI=1S/C21H27N3O3/c1-26-16-15-23-11-13-24(14-12-23)19-9-7-18(8-10-19)22-21(25)17-27-20-5-3-2-4-6-20/h2-10H,11-17H2,1H3,(H,22,25). The van der Waals surface area contributed by atoms with Gasteiger partial charge in [0.25, 0.3) is 5.91 Å². The van der Waals surface area contributed by atoms with Crippen LogP contribution in [0.5, 0.6) is 5.75 Å². The highest BCUT2D eigenvalue weighted by atomic mass is 16.5. The van der Waals surface area contributed by atoms with E-state index in [0.29, 0.717) is 5.75 Å². The number of anilines is 2. The Balaban J connectivity index is 1.44. The van der Waals surface area contributed by atoms with E-state index in [9.17, 15) is 4.79 Å². The van der Waals surface area contributed by atoms with Crippen molar-refractivity contribution >= 4 is 17.3 Å². The lowest BCUT2D eigenvalue weighted by Crippen LogP contribution is -2.47. The number of rotatable bonds is 8. The zero-order chi connectivity index (χ0) is 18.9. The summed E-state index contributed by atoms with van der Waals surface area (Å²) in [6.45, 7) is 5.84. The van der Waals surface area contributed by atoms with E-state index >= 15 is 0 Å². The Kier molecular flexibility index (Phi) is 7.07. The second kappa shape index (κ2) is 9.94. The molecule has 0 atom stereocenters. The summed E-state index contributed by atoms with van der Waals surface area (Å²) in [7, 11) is 1.74. The smallest absolute Gasteiger partial charge is 0.262 e. The molecule has 0 bridgehead atoms. The van der Waals surface area contributed by atoms with E-state index in [1.807, 2.05) is 42.5 Å². The van der Waals surface area contributed by atoms with Gasteiger partial charge in [-0.3, -0.25) is 9.69 Å².